The van der Waals surface area contributed by atoms with Crippen LogP contribution in [0.4, 0.5) is 5.69 Å². The molecule has 0 spiro atoms. The largest absolute Gasteiger partial charge is 0.497 e. The summed E-state index contributed by atoms with van der Waals surface area (Å²) in [5, 5.41) is 0. The van der Waals surface area contributed by atoms with Crippen LogP contribution < -0.4 is 10.5 Å². The predicted octanol–water partition coefficient (Wildman–Crippen LogP) is 3.43. The molecular weight excluding hydrogens is 226 g/mol. The lowest BCUT2D eigenvalue weighted by molar-refractivity contribution is 0.0908. The molecule has 3 nitrogen and oxygen atoms in total. The Labute approximate surface area is 108 Å². The number of benzene rings is 1. The predicted molar refractivity (Wildman–Crippen MR) is 72.9 cm³/mol. The summed E-state index contributed by atoms with van der Waals surface area (Å²) in [6, 6.07) is 5.31. The van der Waals surface area contributed by atoms with Crippen LogP contribution in [0.1, 0.15) is 48.9 Å². The summed E-state index contributed by atoms with van der Waals surface area (Å²) in [5.74, 6) is 1.02. The molecule has 0 saturated heterocycles. The van der Waals surface area contributed by atoms with Crippen LogP contribution in [0.15, 0.2) is 18.2 Å². The molecule has 1 fully saturated rings. The van der Waals surface area contributed by atoms with Gasteiger partial charge in [-0.2, -0.15) is 0 Å². The molecule has 3 heteroatoms. The number of nitrogen functional groups attached to an aromatic ring is 1. The number of hydrogen-bond donors (Lipinski definition) is 1. The van der Waals surface area contributed by atoms with Crippen molar-refractivity contribution in [3.8, 4) is 5.75 Å². The highest BCUT2D eigenvalue weighted by molar-refractivity contribution is 6.02. The van der Waals surface area contributed by atoms with Crippen molar-refractivity contribution in [3.05, 3.63) is 23.8 Å². The van der Waals surface area contributed by atoms with Gasteiger partial charge in [0, 0.05) is 17.2 Å². The van der Waals surface area contributed by atoms with Crippen LogP contribution in [0.5, 0.6) is 5.75 Å². The number of ketones is 1. The summed E-state index contributed by atoms with van der Waals surface area (Å²) >= 11 is 0. The maximum atomic E-state index is 12.5. The molecule has 0 aliphatic heterocycles. The van der Waals surface area contributed by atoms with Gasteiger partial charge >= 0.3 is 0 Å². The zero-order chi connectivity index (χ0) is 13.0. The molecule has 1 saturated carbocycles. The van der Waals surface area contributed by atoms with Crippen LogP contribution in [0, 0.1) is 5.92 Å². The van der Waals surface area contributed by atoms with Crippen molar-refractivity contribution < 1.29 is 9.53 Å². The minimum Gasteiger partial charge on any atom is -0.497 e. The number of rotatable bonds is 3. The second-order valence-corrected chi connectivity index (χ2v) is 5.01. The van der Waals surface area contributed by atoms with Crippen LogP contribution >= 0.6 is 0 Å². The van der Waals surface area contributed by atoms with E-state index < -0.39 is 0 Å². The monoisotopic (exact) mass is 247 g/mol. The zero-order valence-corrected chi connectivity index (χ0v) is 10.9. The number of carbonyl (C=O) groups is 1. The fourth-order valence-corrected chi connectivity index (χ4v) is 2.64. The normalized spacial score (nSPS) is 17.2. The van der Waals surface area contributed by atoms with E-state index in [-0.39, 0.29) is 11.7 Å². The van der Waals surface area contributed by atoms with Gasteiger partial charge < -0.3 is 10.5 Å². The van der Waals surface area contributed by atoms with Crippen molar-refractivity contribution in [1.82, 2.24) is 0 Å². The molecule has 2 rings (SSSR count). The first-order valence-corrected chi connectivity index (χ1v) is 6.70. The van der Waals surface area contributed by atoms with Gasteiger partial charge in [-0.25, -0.2) is 0 Å². The van der Waals surface area contributed by atoms with Crippen LogP contribution in [0.25, 0.3) is 0 Å². The van der Waals surface area contributed by atoms with Crippen molar-refractivity contribution >= 4 is 11.5 Å². The number of Topliss-reactive ketones (excluding diaryl/α,β-unsaturated/α-hetero) is 1. The minimum atomic E-state index is 0.141. The molecule has 2 N–H and O–H groups in total. The van der Waals surface area contributed by atoms with Gasteiger partial charge in [0.1, 0.15) is 5.75 Å². The first-order chi connectivity index (χ1) is 8.72. The first kappa shape index (κ1) is 12.9. The highest BCUT2D eigenvalue weighted by Gasteiger charge is 2.23. The standard InChI is InChI=1S/C15H21NO2/c1-18-12-8-9-14(16)13(10-12)15(17)11-6-4-2-3-5-7-11/h8-11H,2-7,16H2,1H3. The molecule has 0 heterocycles. The van der Waals surface area contributed by atoms with Gasteiger partial charge in [-0.1, -0.05) is 25.7 Å². The molecule has 98 valence electrons. The van der Waals surface area contributed by atoms with E-state index in [1.165, 1.54) is 12.8 Å². The number of anilines is 1. The number of carbonyl (C=O) groups excluding carboxylic acids is 1. The zero-order valence-electron chi connectivity index (χ0n) is 10.9. The minimum absolute atomic E-state index is 0.141. The van der Waals surface area contributed by atoms with Gasteiger partial charge in [0.15, 0.2) is 5.78 Å². The Bertz CT molecular complexity index is 421. The van der Waals surface area contributed by atoms with E-state index in [1.54, 1.807) is 25.3 Å². The van der Waals surface area contributed by atoms with Gasteiger partial charge in [0.2, 0.25) is 0 Å². The lowest BCUT2D eigenvalue weighted by Crippen LogP contribution is -2.15. The summed E-state index contributed by atoms with van der Waals surface area (Å²) in [6.45, 7) is 0. The molecule has 0 aromatic heterocycles. The number of nitrogens with two attached hydrogens (primary N) is 1. The Morgan fingerprint density at radius 2 is 1.89 bits per heavy atom. The average Bonchev–Trinajstić information content (AvgIpc) is 2.67. The van der Waals surface area contributed by atoms with Gasteiger partial charge in [0.25, 0.3) is 0 Å². The van der Waals surface area contributed by atoms with Gasteiger partial charge in [-0.3, -0.25) is 4.79 Å². The molecule has 0 radical (unpaired) electrons. The summed E-state index contributed by atoms with van der Waals surface area (Å²) < 4.78 is 5.16. The van der Waals surface area contributed by atoms with Crippen LogP contribution in [0.2, 0.25) is 0 Å². The third kappa shape index (κ3) is 2.84. The van der Waals surface area contributed by atoms with Gasteiger partial charge in [-0.05, 0) is 31.0 Å². The molecule has 0 amide bonds. The van der Waals surface area contributed by atoms with E-state index >= 15 is 0 Å². The summed E-state index contributed by atoms with van der Waals surface area (Å²) in [6.07, 6.45) is 6.79. The molecule has 1 aromatic rings. The average molecular weight is 247 g/mol. The van der Waals surface area contributed by atoms with E-state index in [1.807, 2.05) is 0 Å². The van der Waals surface area contributed by atoms with Crippen LogP contribution in [-0.2, 0) is 0 Å². The number of ether oxygens (including phenoxy) is 1. The number of hydrogen-bond acceptors (Lipinski definition) is 3. The Morgan fingerprint density at radius 1 is 1.22 bits per heavy atom. The van der Waals surface area contributed by atoms with E-state index in [0.29, 0.717) is 17.0 Å². The Kier molecular flexibility index (Phi) is 4.24. The van der Waals surface area contributed by atoms with E-state index in [0.717, 1.165) is 25.7 Å². The van der Waals surface area contributed by atoms with Crippen molar-refractivity contribution in [1.29, 1.82) is 0 Å². The number of methoxy groups -OCH3 is 1. The van der Waals surface area contributed by atoms with Crippen LogP contribution in [-0.4, -0.2) is 12.9 Å². The molecule has 18 heavy (non-hydrogen) atoms. The molecular formula is C15H21NO2. The molecule has 1 aliphatic rings. The van der Waals surface area contributed by atoms with Crippen LogP contribution in [0.3, 0.4) is 0 Å². The van der Waals surface area contributed by atoms with Gasteiger partial charge in [-0.15, -0.1) is 0 Å². The second-order valence-electron chi connectivity index (χ2n) is 5.01. The van der Waals surface area contributed by atoms with Crippen molar-refractivity contribution in [2.24, 2.45) is 5.92 Å². The van der Waals surface area contributed by atoms with E-state index in [2.05, 4.69) is 0 Å². The quantitative estimate of drug-likeness (QED) is 0.506. The topological polar surface area (TPSA) is 52.3 Å². The molecule has 0 bridgehead atoms. The highest BCUT2D eigenvalue weighted by atomic mass is 16.5. The molecule has 1 aromatic carbocycles. The summed E-state index contributed by atoms with van der Waals surface area (Å²) in [5.41, 5.74) is 7.10. The molecule has 0 unspecified atom stereocenters. The SMILES string of the molecule is COc1ccc(N)c(C(=O)C2CCCCCC2)c1. The van der Waals surface area contributed by atoms with Crippen molar-refractivity contribution in [2.45, 2.75) is 38.5 Å². The fourth-order valence-electron chi connectivity index (χ4n) is 2.64. The Hall–Kier alpha value is -1.51. The van der Waals surface area contributed by atoms with E-state index in [9.17, 15) is 4.79 Å². The maximum absolute atomic E-state index is 12.5. The van der Waals surface area contributed by atoms with Crippen molar-refractivity contribution in [2.75, 3.05) is 12.8 Å². The fraction of sp³-hybridized carbons (Fsp3) is 0.533. The smallest absolute Gasteiger partial charge is 0.168 e. The highest BCUT2D eigenvalue weighted by Crippen LogP contribution is 2.29. The second kappa shape index (κ2) is 5.89. The van der Waals surface area contributed by atoms with Gasteiger partial charge in [0.05, 0.1) is 7.11 Å². The Morgan fingerprint density at radius 3 is 2.50 bits per heavy atom. The molecule has 1 aliphatic carbocycles. The lowest BCUT2D eigenvalue weighted by Gasteiger charge is -2.14. The first-order valence-electron chi connectivity index (χ1n) is 6.70. The third-order valence-electron chi connectivity index (χ3n) is 3.75. The Balaban J connectivity index is 2.21. The molecule has 0 atom stereocenters. The summed E-state index contributed by atoms with van der Waals surface area (Å²) in [7, 11) is 1.60. The lowest BCUT2D eigenvalue weighted by atomic mass is 9.90. The summed E-state index contributed by atoms with van der Waals surface area (Å²) in [4.78, 5) is 12.5. The van der Waals surface area contributed by atoms with E-state index in [4.69, 9.17) is 10.5 Å². The van der Waals surface area contributed by atoms with Crippen molar-refractivity contribution in [3.63, 3.8) is 0 Å². The third-order valence-corrected chi connectivity index (χ3v) is 3.75. The maximum Gasteiger partial charge on any atom is 0.168 e.